The minimum atomic E-state index is -5.02. The Bertz CT molecular complexity index is 530. The fourth-order valence-corrected chi connectivity index (χ4v) is 2.45. The van der Waals surface area contributed by atoms with Crippen molar-refractivity contribution in [2.45, 2.75) is 11.4 Å². The van der Waals surface area contributed by atoms with Gasteiger partial charge in [-0.2, -0.15) is 13.2 Å². The molecule has 0 aromatic heterocycles. The molecule has 0 aliphatic carbocycles. The molecule has 1 aromatic carbocycles. The van der Waals surface area contributed by atoms with Crippen LogP contribution in [0.25, 0.3) is 0 Å². The summed E-state index contributed by atoms with van der Waals surface area (Å²) in [5.74, 6) is 0. The number of rotatable bonds is 2. The van der Waals surface area contributed by atoms with Crippen LogP contribution in [0, 0.1) is 0 Å². The van der Waals surface area contributed by atoms with E-state index >= 15 is 0 Å². The molecule has 2 N–H and O–H groups in total. The third kappa shape index (κ3) is 3.48. The Labute approximate surface area is 105 Å². The van der Waals surface area contributed by atoms with Crippen LogP contribution in [-0.2, 0) is 10.0 Å². The van der Waals surface area contributed by atoms with Crippen LogP contribution < -0.4 is 5.14 Å². The fraction of sp³-hybridized carbons (Fsp3) is 0.250. The minimum absolute atomic E-state index is 0.0192. The number of hydrogen-bond donors (Lipinski definition) is 1. The molecule has 0 amide bonds. The summed E-state index contributed by atoms with van der Waals surface area (Å²) in [6.45, 7) is 0. The molecule has 1 atom stereocenters. The second-order valence-corrected chi connectivity index (χ2v) is 5.65. The summed E-state index contributed by atoms with van der Waals surface area (Å²) in [5.41, 5.74) is -0.575. The lowest BCUT2D eigenvalue weighted by atomic mass is 10.1. The molecule has 17 heavy (non-hydrogen) atoms. The number of primary sulfonamides is 1. The van der Waals surface area contributed by atoms with Gasteiger partial charge in [-0.25, -0.2) is 13.6 Å². The lowest BCUT2D eigenvalue weighted by Gasteiger charge is -2.18. The first kappa shape index (κ1) is 14.6. The Morgan fingerprint density at radius 3 is 2.06 bits per heavy atom. The van der Waals surface area contributed by atoms with Crippen molar-refractivity contribution in [3.8, 4) is 0 Å². The number of halogens is 5. The van der Waals surface area contributed by atoms with E-state index in [9.17, 15) is 21.6 Å². The molecule has 1 aromatic rings. The van der Waals surface area contributed by atoms with E-state index in [0.29, 0.717) is 0 Å². The zero-order valence-corrected chi connectivity index (χ0v) is 10.3. The Balaban J connectivity index is 3.39. The molecule has 0 saturated heterocycles. The molecular formula is C8H6Cl2F3NO2S. The number of benzene rings is 1. The Kier molecular flexibility index (Phi) is 3.97. The SMILES string of the molecule is NS(=O)(=O)C(c1ccc(Cl)c(Cl)c1)C(F)(F)F. The summed E-state index contributed by atoms with van der Waals surface area (Å²) in [4.78, 5) is 0. The van der Waals surface area contributed by atoms with E-state index in [0.717, 1.165) is 18.2 Å². The van der Waals surface area contributed by atoms with E-state index in [4.69, 9.17) is 23.2 Å². The van der Waals surface area contributed by atoms with Crippen molar-refractivity contribution in [1.29, 1.82) is 0 Å². The molecule has 3 nitrogen and oxygen atoms in total. The summed E-state index contributed by atoms with van der Waals surface area (Å²) >= 11 is 11.0. The summed E-state index contributed by atoms with van der Waals surface area (Å²) in [7, 11) is -4.83. The van der Waals surface area contributed by atoms with E-state index in [1.165, 1.54) is 0 Å². The highest BCUT2D eigenvalue weighted by molar-refractivity contribution is 7.89. The molecule has 0 saturated carbocycles. The first-order valence-corrected chi connectivity index (χ1v) is 6.43. The van der Waals surface area contributed by atoms with Gasteiger partial charge in [-0.05, 0) is 17.7 Å². The molecule has 0 fully saturated rings. The van der Waals surface area contributed by atoms with Crippen molar-refractivity contribution in [1.82, 2.24) is 0 Å². The molecule has 1 unspecified atom stereocenters. The molecule has 0 radical (unpaired) electrons. The van der Waals surface area contributed by atoms with Gasteiger partial charge in [-0.3, -0.25) is 0 Å². The first-order valence-electron chi connectivity index (χ1n) is 4.07. The molecule has 0 spiro atoms. The molecule has 0 heterocycles. The topological polar surface area (TPSA) is 60.2 Å². The van der Waals surface area contributed by atoms with Crippen LogP contribution in [0.15, 0.2) is 18.2 Å². The summed E-state index contributed by atoms with van der Waals surface area (Å²) < 4.78 is 59.7. The van der Waals surface area contributed by atoms with Crippen LogP contribution in [0.2, 0.25) is 10.0 Å². The molecule has 0 bridgehead atoms. The Morgan fingerprint density at radius 2 is 1.71 bits per heavy atom. The van der Waals surface area contributed by atoms with Gasteiger partial charge in [-0.15, -0.1) is 0 Å². The average Bonchev–Trinajstić information content (AvgIpc) is 2.06. The lowest BCUT2D eigenvalue weighted by Crippen LogP contribution is -2.33. The van der Waals surface area contributed by atoms with E-state index in [1.807, 2.05) is 0 Å². The van der Waals surface area contributed by atoms with Crippen molar-refractivity contribution >= 4 is 33.2 Å². The van der Waals surface area contributed by atoms with Crippen molar-refractivity contribution in [2.24, 2.45) is 5.14 Å². The highest BCUT2D eigenvalue weighted by atomic mass is 35.5. The van der Waals surface area contributed by atoms with Gasteiger partial charge < -0.3 is 0 Å². The molecule has 1 rings (SSSR count). The average molecular weight is 308 g/mol. The van der Waals surface area contributed by atoms with Crippen LogP contribution in [-0.4, -0.2) is 14.6 Å². The van der Waals surface area contributed by atoms with Crippen molar-refractivity contribution in [2.75, 3.05) is 0 Å². The fourth-order valence-electron chi connectivity index (χ4n) is 1.24. The summed E-state index contributed by atoms with van der Waals surface area (Å²) in [6, 6.07) is 2.81. The first-order chi connectivity index (χ1) is 7.53. The normalized spacial score (nSPS) is 14.7. The van der Waals surface area contributed by atoms with Crippen LogP contribution in [0.3, 0.4) is 0 Å². The molecule has 0 aliphatic rings. The zero-order valence-electron chi connectivity index (χ0n) is 8.00. The third-order valence-electron chi connectivity index (χ3n) is 1.87. The quantitative estimate of drug-likeness (QED) is 0.913. The number of alkyl halides is 3. The largest absolute Gasteiger partial charge is 0.410 e. The Morgan fingerprint density at radius 1 is 1.18 bits per heavy atom. The maximum absolute atomic E-state index is 12.6. The van der Waals surface area contributed by atoms with Gasteiger partial charge in [0.2, 0.25) is 10.0 Å². The van der Waals surface area contributed by atoms with Gasteiger partial charge in [0, 0.05) is 0 Å². The smallest absolute Gasteiger partial charge is 0.228 e. The summed E-state index contributed by atoms with van der Waals surface area (Å²) in [6.07, 6.45) is -5.02. The molecular weight excluding hydrogens is 302 g/mol. The Hall–Kier alpha value is -0.500. The van der Waals surface area contributed by atoms with Gasteiger partial charge in [0.25, 0.3) is 0 Å². The van der Waals surface area contributed by atoms with E-state index in [1.54, 1.807) is 0 Å². The van der Waals surface area contributed by atoms with E-state index < -0.39 is 27.0 Å². The van der Waals surface area contributed by atoms with Gasteiger partial charge >= 0.3 is 6.18 Å². The number of sulfonamides is 1. The van der Waals surface area contributed by atoms with Gasteiger partial charge in [0.05, 0.1) is 10.0 Å². The second-order valence-electron chi connectivity index (χ2n) is 3.18. The predicted octanol–water partition coefficient (Wildman–Crippen LogP) is 2.89. The van der Waals surface area contributed by atoms with Gasteiger partial charge in [0.1, 0.15) is 0 Å². The second kappa shape index (κ2) is 4.64. The number of nitrogens with two attached hydrogens (primary N) is 1. The molecule has 96 valence electrons. The van der Waals surface area contributed by atoms with Gasteiger partial charge in [0.15, 0.2) is 5.25 Å². The van der Waals surface area contributed by atoms with Crippen molar-refractivity contribution in [3.63, 3.8) is 0 Å². The van der Waals surface area contributed by atoms with Crippen LogP contribution >= 0.6 is 23.2 Å². The zero-order chi connectivity index (χ0) is 13.4. The summed E-state index contributed by atoms with van der Waals surface area (Å²) in [5, 5.41) is 1.59. The van der Waals surface area contributed by atoms with E-state index in [2.05, 4.69) is 5.14 Å². The standard InChI is InChI=1S/C8H6Cl2F3NO2S/c9-5-2-1-4(3-6(5)10)7(8(11,12)13)17(14,15)16/h1-3,7H,(H2,14,15,16). The van der Waals surface area contributed by atoms with E-state index in [-0.39, 0.29) is 10.0 Å². The highest BCUT2D eigenvalue weighted by Gasteiger charge is 2.48. The highest BCUT2D eigenvalue weighted by Crippen LogP contribution is 2.39. The van der Waals surface area contributed by atoms with Crippen molar-refractivity contribution < 1.29 is 21.6 Å². The number of hydrogen-bond acceptors (Lipinski definition) is 2. The third-order valence-corrected chi connectivity index (χ3v) is 3.81. The predicted molar refractivity (Wildman–Crippen MR) is 58.4 cm³/mol. The van der Waals surface area contributed by atoms with Crippen LogP contribution in [0.4, 0.5) is 13.2 Å². The van der Waals surface area contributed by atoms with Crippen LogP contribution in [0.5, 0.6) is 0 Å². The lowest BCUT2D eigenvalue weighted by molar-refractivity contribution is -0.131. The molecule has 9 heteroatoms. The minimum Gasteiger partial charge on any atom is -0.228 e. The molecule has 0 aliphatic heterocycles. The van der Waals surface area contributed by atoms with Crippen LogP contribution in [0.1, 0.15) is 10.8 Å². The maximum Gasteiger partial charge on any atom is 0.410 e. The monoisotopic (exact) mass is 307 g/mol. The maximum atomic E-state index is 12.6. The van der Waals surface area contributed by atoms with Crippen molar-refractivity contribution in [3.05, 3.63) is 33.8 Å². The van der Waals surface area contributed by atoms with Gasteiger partial charge in [-0.1, -0.05) is 29.3 Å².